The third-order valence-electron chi connectivity index (χ3n) is 3.66. The van der Waals surface area contributed by atoms with Crippen LogP contribution in [0.4, 0.5) is 0 Å². The molecule has 136 valence electrons. The maximum atomic E-state index is 12.5. The molecule has 0 heterocycles. The Morgan fingerprint density at radius 3 is 2.50 bits per heavy atom. The molecule has 5 heteroatoms. The van der Waals surface area contributed by atoms with Crippen LogP contribution in [-0.2, 0) is 0 Å². The van der Waals surface area contributed by atoms with E-state index in [-0.39, 0.29) is 5.78 Å². The van der Waals surface area contributed by atoms with E-state index in [1.54, 1.807) is 42.5 Å². The number of hydrogen-bond donors (Lipinski definition) is 0. The average Bonchev–Trinajstić information content (AvgIpc) is 2.62. The van der Waals surface area contributed by atoms with Gasteiger partial charge >= 0.3 is 0 Å². The lowest BCUT2D eigenvalue weighted by Gasteiger charge is -2.10. The van der Waals surface area contributed by atoms with Crippen LogP contribution in [0.3, 0.4) is 0 Å². The molecule has 0 N–H and O–H groups in total. The molecule has 0 bridgehead atoms. The number of halogens is 2. The van der Waals surface area contributed by atoms with Crippen LogP contribution >= 0.6 is 23.2 Å². The molecule has 0 radical (unpaired) electrons. The molecule has 0 aliphatic carbocycles. The third kappa shape index (κ3) is 6.03. The molecule has 2 aromatic rings. The smallest absolute Gasteiger partial charge is 0.194 e. The lowest BCUT2D eigenvalue weighted by Crippen LogP contribution is -2.17. The molecule has 0 amide bonds. The normalized spacial score (nSPS) is 11.1. The first kappa shape index (κ1) is 20.2. The molecule has 0 aliphatic rings. The fraction of sp³-hybridized carbons (Fsp3) is 0.190. The summed E-state index contributed by atoms with van der Waals surface area (Å²) in [6.07, 6.45) is 5.88. The molecular formula is C21H21Cl2NO2. The van der Waals surface area contributed by atoms with E-state index in [2.05, 4.69) is 11.5 Å². The van der Waals surface area contributed by atoms with Crippen molar-refractivity contribution in [3.05, 3.63) is 88.4 Å². The van der Waals surface area contributed by atoms with Gasteiger partial charge in [-0.25, -0.2) is 0 Å². The Labute approximate surface area is 164 Å². The van der Waals surface area contributed by atoms with Crippen molar-refractivity contribution in [2.24, 2.45) is 0 Å². The Morgan fingerprint density at radius 2 is 1.85 bits per heavy atom. The Kier molecular flexibility index (Phi) is 7.92. The zero-order valence-corrected chi connectivity index (χ0v) is 16.1. The van der Waals surface area contributed by atoms with Crippen molar-refractivity contribution < 1.29 is 9.53 Å². The predicted octanol–water partition coefficient (Wildman–Crippen LogP) is 5.28. The zero-order chi connectivity index (χ0) is 18.9. The number of hydrogen-bond acceptors (Lipinski definition) is 3. The van der Waals surface area contributed by atoms with Crippen molar-refractivity contribution in [2.45, 2.75) is 0 Å². The summed E-state index contributed by atoms with van der Waals surface area (Å²) in [4.78, 5) is 14.6. The van der Waals surface area contributed by atoms with E-state index < -0.39 is 0 Å². The number of carbonyl (C=O) groups excluding carboxylic acids is 1. The standard InChI is InChI=1S/C21H21Cl2NO2/c1-3-12-24(2)13-4-5-14-26-18-9-6-16(7-10-18)21(25)19-11-8-17(22)15-20(19)23/h3-11,15H,1,12-14H2,2H3. The number of carbonyl (C=O) groups is 1. The van der Waals surface area contributed by atoms with Gasteiger partial charge in [-0.05, 0) is 49.5 Å². The van der Waals surface area contributed by atoms with E-state index in [0.717, 1.165) is 13.1 Å². The van der Waals surface area contributed by atoms with Crippen molar-refractivity contribution in [1.82, 2.24) is 4.90 Å². The molecule has 0 aromatic heterocycles. The first-order valence-electron chi connectivity index (χ1n) is 8.18. The van der Waals surface area contributed by atoms with Crippen molar-refractivity contribution in [3.8, 4) is 5.75 Å². The van der Waals surface area contributed by atoms with Crippen LogP contribution in [0, 0.1) is 0 Å². The molecule has 26 heavy (non-hydrogen) atoms. The lowest BCUT2D eigenvalue weighted by atomic mass is 10.0. The van der Waals surface area contributed by atoms with Gasteiger partial charge in [0, 0.05) is 29.2 Å². The molecule has 0 aliphatic heterocycles. The van der Waals surface area contributed by atoms with Crippen molar-refractivity contribution >= 4 is 29.0 Å². The Morgan fingerprint density at radius 1 is 1.12 bits per heavy atom. The van der Waals surface area contributed by atoms with Gasteiger partial charge in [0.25, 0.3) is 0 Å². The van der Waals surface area contributed by atoms with Crippen LogP contribution < -0.4 is 4.74 Å². The second kappa shape index (κ2) is 10.2. The summed E-state index contributed by atoms with van der Waals surface area (Å²) in [5.74, 6) is 0.552. The van der Waals surface area contributed by atoms with Crippen LogP contribution in [-0.4, -0.2) is 37.4 Å². The van der Waals surface area contributed by atoms with Crippen LogP contribution in [0.25, 0.3) is 0 Å². The zero-order valence-electron chi connectivity index (χ0n) is 14.6. The number of ketones is 1. The van der Waals surface area contributed by atoms with Gasteiger partial charge in [-0.15, -0.1) is 6.58 Å². The highest BCUT2D eigenvalue weighted by atomic mass is 35.5. The van der Waals surface area contributed by atoms with E-state index in [1.807, 2.05) is 25.3 Å². The average molecular weight is 390 g/mol. The van der Waals surface area contributed by atoms with Gasteiger partial charge in [0.1, 0.15) is 12.4 Å². The molecule has 3 nitrogen and oxygen atoms in total. The quantitative estimate of drug-likeness (QED) is 0.431. The molecule has 0 spiro atoms. The van der Waals surface area contributed by atoms with Gasteiger partial charge < -0.3 is 4.74 Å². The Bertz CT molecular complexity index is 785. The van der Waals surface area contributed by atoms with Crippen molar-refractivity contribution in [3.63, 3.8) is 0 Å². The van der Waals surface area contributed by atoms with E-state index >= 15 is 0 Å². The summed E-state index contributed by atoms with van der Waals surface area (Å²) in [7, 11) is 2.02. The lowest BCUT2D eigenvalue weighted by molar-refractivity contribution is 0.103. The molecular weight excluding hydrogens is 369 g/mol. The van der Waals surface area contributed by atoms with Crippen molar-refractivity contribution in [2.75, 3.05) is 26.7 Å². The van der Waals surface area contributed by atoms with Crippen molar-refractivity contribution in [1.29, 1.82) is 0 Å². The minimum Gasteiger partial charge on any atom is -0.490 e. The maximum Gasteiger partial charge on any atom is 0.194 e. The summed E-state index contributed by atoms with van der Waals surface area (Å²) in [6.45, 7) is 5.86. The molecule has 2 aromatic carbocycles. The SMILES string of the molecule is C=CCN(C)CC=CCOc1ccc(C(=O)c2ccc(Cl)cc2Cl)cc1. The summed E-state index contributed by atoms with van der Waals surface area (Å²) < 4.78 is 5.65. The number of likely N-dealkylation sites (N-methyl/N-ethyl adjacent to an activating group) is 1. The molecule has 0 fully saturated rings. The monoisotopic (exact) mass is 389 g/mol. The third-order valence-corrected chi connectivity index (χ3v) is 4.21. The van der Waals surface area contributed by atoms with Gasteiger partial charge in [0.2, 0.25) is 0 Å². The van der Waals surface area contributed by atoms with E-state index in [1.165, 1.54) is 0 Å². The summed E-state index contributed by atoms with van der Waals surface area (Å²) in [5.41, 5.74) is 0.972. The molecule has 0 atom stereocenters. The van der Waals surface area contributed by atoms with Gasteiger partial charge in [0.05, 0.1) is 5.02 Å². The first-order valence-corrected chi connectivity index (χ1v) is 8.94. The first-order chi connectivity index (χ1) is 12.5. The highest BCUT2D eigenvalue weighted by Gasteiger charge is 2.13. The molecule has 0 saturated heterocycles. The number of rotatable bonds is 9. The highest BCUT2D eigenvalue weighted by Crippen LogP contribution is 2.24. The van der Waals surface area contributed by atoms with Gasteiger partial charge in [-0.1, -0.05) is 41.4 Å². The Hall–Kier alpha value is -2.07. The molecule has 2 rings (SSSR count). The fourth-order valence-corrected chi connectivity index (χ4v) is 2.79. The second-order valence-corrected chi connectivity index (χ2v) is 6.61. The van der Waals surface area contributed by atoms with Crippen LogP contribution in [0.2, 0.25) is 10.0 Å². The number of ether oxygens (including phenoxy) is 1. The van der Waals surface area contributed by atoms with Gasteiger partial charge in [0.15, 0.2) is 5.78 Å². The van der Waals surface area contributed by atoms with Crippen LogP contribution in [0.5, 0.6) is 5.75 Å². The number of nitrogens with zero attached hydrogens (tertiary/aromatic N) is 1. The second-order valence-electron chi connectivity index (χ2n) is 5.77. The summed E-state index contributed by atoms with van der Waals surface area (Å²) in [5, 5.41) is 0.841. The minimum absolute atomic E-state index is 0.150. The Balaban J connectivity index is 1.90. The largest absolute Gasteiger partial charge is 0.490 e. The van der Waals surface area contributed by atoms with Gasteiger partial charge in [-0.2, -0.15) is 0 Å². The topological polar surface area (TPSA) is 29.5 Å². The van der Waals surface area contributed by atoms with E-state index in [9.17, 15) is 4.79 Å². The van der Waals surface area contributed by atoms with E-state index in [0.29, 0.717) is 33.5 Å². The minimum atomic E-state index is -0.150. The van der Waals surface area contributed by atoms with Crippen LogP contribution in [0.15, 0.2) is 67.3 Å². The fourth-order valence-electron chi connectivity index (χ4n) is 2.29. The van der Waals surface area contributed by atoms with Gasteiger partial charge in [-0.3, -0.25) is 9.69 Å². The molecule has 0 saturated carbocycles. The predicted molar refractivity (Wildman–Crippen MR) is 109 cm³/mol. The maximum absolute atomic E-state index is 12.5. The summed E-state index contributed by atoms with van der Waals surface area (Å²) in [6, 6.07) is 11.8. The molecule has 0 unspecified atom stereocenters. The summed E-state index contributed by atoms with van der Waals surface area (Å²) >= 11 is 12.0. The van der Waals surface area contributed by atoms with E-state index in [4.69, 9.17) is 27.9 Å². The highest BCUT2D eigenvalue weighted by molar-refractivity contribution is 6.37. The van der Waals surface area contributed by atoms with Crippen LogP contribution in [0.1, 0.15) is 15.9 Å². The number of benzene rings is 2.